The van der Waals surface area contributed by atoms with Gasteiger partial charge in [-0.15, -0.1) is 0 Å². The summed E-state index contributed by atoms with van der Waals surface area (Å²) in [5, 5.41) is 6.10. The van der Waals surface area contributed by atoms with Crippen molar-refractivity contribution in [1.82, 2.24) is 5.16 Å². The Bertz CT molecular complexity index is 282. The summed E-state index contributed by atoms with van der Waals surface area (Å²) in [5.74, 6) is 0.178. The molecule has 1 rings (SSSR count). The van der Waals surface area contributed by atoms with Crippen LogP contribution in [0.5, 0.6) is 0 Å². The monoisotopic (exact) mass is 197 g/mol. The zero-order valence-corrected chi connectivity index (χ0v) is 8.36. The molecular weight excluding hydrogens is 182 g/mol. The number of amides is 1. The van der Waals surface area contributed by atoms with Crippen LogP contribution in [-0.4, -0.2) is 17.1 Å². The summed E-state index contributed by atoms with van der Waals surface area (Å²) >= 11 is 0. The van der Waals surface area contributed by atoms with Crippen LogP contribution in [0.3, 0.4) is 0 Å². The lowest BCUT2D eigenvalue weighted by atomic mass is 10.0. The Kier molecular flexibility index (Phi) is 3.64. The van der Waals surface area contributed by atoms with Crippen molar-refractivity contribution in [1.29, 1.82) is 0 Å². The van der Waals surface area contributed by atoms with Gasteiger partial charge in [0, 0.05) is 12.5 Å². The molecule has 0 saturated carbocycles. The maximum atomic E-state index is 11.4. The summed E-state index contributed by atoms with van der Waals surface area (Å²) in [7, 11) is 0. The number of nitrogens with zero attached hydrogens (tertiary/aromatic N) is 1. The fraction of sp³-hybridized carbons (Fsp3) is 0.556. The highest BCUT2D eigenvalue weighted by Crippen LogP contribution is 2.07. The Balaban J connectivity index is 2.36. The molecule has 1 aromatic heterocycles. The minimum absolute atomic E-state index is 0.116. The van der Waals surface area contributed by atoms with Gasteiger partial charge in [0.1, 0.15) is 12.0 Å². The van der Waals surface area contributed by atoms with E-state index in [1.54, 1.807) is 0 Å². The fourth-order valence-corrected chi connectivity index (χ4v) is 0.928. The highest BCUT2D eigenvalue weighted by molar-refractivity contribution is 5.90. The fourth-order valence-electron chi connectivity index (χ4n) is 0.928. The van der Waals surface area contributed by atoms with Crippen molar-refractivity contribution in [2.75, 3.05) is 5.32 Å². The van der Waals surface area contributed by atoms with Gasteiger partial charge in [0.2, 0.25) is 5.91 Å². The third-order valence-electron chi connectivity index (χ3n) is 1.99. The van der Waals surface area contributed by atoms with Gasteiger partial charge in [-0.25, -0.2) is 0 Å². The molecule has 1 atom stereocenters. The average molecular weight is 197 g/mol. The standard InChI is InChI=1S/C9H15N3O2/c1-6(2)8(10)3-9(13)12-7-4-11-14-5-7/h4-6,8H,3,10H2,1-2H3,(H,12,13). The number of nitrogens with two attached hydrogens (primary N) is 1. The quantitative estimate of drug-likeness (QED) is 0.754. The molecule has 1 aromatic rings. The van der Waals surface area contributed by atoms with Gasteiger partial charge in [-0.2, -0.15) is 0 Å². The number of aromatic nitrogens is 1. The van der Waals surface area contributed by atoms with Crippen molar-refractivity contribution in [3.63, 3.8) is 0 Å². The second-order valence-electron chi connectivity index (χ2n) is 3.57. The van der Waals surface area contributed by atoms with Crippen LogP contribution in [0.2, 0.25) is 0 Å². The van der Waals surface area contributed by atoms with E-state index in [-0.39, 0.29) is 11.9 Å². The molecule has 5 heteroatoms. The predicted molar refractivity (Wildman–Crippen MR) is 52.6 cm³/mol. The summed E-state index contributed by atoms with van der Waals surface area (Å²) < 4.78 is 4.57. The average Bonchev–Trinajstić information content (AvgIpc) is 2.56. The van der Waals surface area contributed by atoms with Gasteiger partial charge in [0.25, 0.3) is 0 Å². The molecule has 0 aromatic carbocycles. The Labute approximate surface area is 82.6 Å². The first kappa shape index (κ1) is 10.7. The molecule has 0 fully saturated rings. The van der Waals surface area contributed by atoms with Crippen LogP contribution in [-0.2, 0) is 4.79 Å². The lowest BCUT2D eigenvalue weighted by Crippen LogP contribution is -2.31. The van der Waals surface area contributed by atoms with E-state index >= 15 is 0 Å². The second kappa shape index (κ2) is 4.76. The lowest BCUT2D eigenvalue weighted by Gasteiger charge is -2.14. The van der Waals surface area contributed by atoms with Crippen LogP contribution in [0.4, 0.5) is 5.69 Å². The molecule has 0 bridgehead atoms. The number of rotatable bonds is 4. The van der Waals surface area contributed by atoms with E-state index in [9.17, 15) is 4.79 Å². The van der Waals surface area contributed by atoms with Crippen LogP contribution in [0.25, 0.3) is 0 Å². The molecule has 1 heterocycles. The van der Waals surface area contributed by atoms with Crippen molar-refractivity contribution in [3.8, 4) is 0 Å². The molecule has 3 N–H and O–H groups in total. The van der Waals surface area contributed by atoms with Gasteiger partial charge in [0.05, 0.1) is 6.20 Å². The summed E-state index contributed by atoms with van der Waals surface area (Å²) in [5.41, 5.74) is 6.31. The smallest absolute Gasteiger partial charge is 0.226 e. The molecule has 0 saturated heterocycles. The van der Waals surface area contributed by atoms with E-state index in [2.05, 4.69) is 15.0 Å². The van der Waals surface area contributed by atoms with Crippen molar-refractivity contribution in [2.45, 2.75) is 26.3 Å². The van der Waals surface area contributed by atoms with Crippen LogP contribution < -0.4 is 11.1 Å². The van der Waals surface area contributed by atoms with Gasteiger partial charge < -0.3 is 15.6 Å². The SMILES string of the molecule is CC(C)C(N)CC(=O)Nc1cnoc1. The first-order valence-corrected chi connectivity index (χ1v) is 4.54. The van der Waals surface area contributed by atoms with Gasteiger partial charge in [-0.3, -0.25) is 4.79 Å². The number of nitrogens with one attached hydrogen (secondary N) is 1. The van der Waals surface area contributed by atoms with E-state index in [1.165, 1.54) is 12.5 Å². The molecular formula is C9H15N3O2. The highest BCUT2D eigenvalue weighted by Gasteiger charge is 2.13. The van der Waals surface area contributed by atoms with E-state index in [0.717, 1.165) is 0 Å². The van der Waals surface area contributed by atoms with Crippen molar-refractivity contribution >= 4 is 11.6 Å². The molecule has 0 radical (unpaired) electrons. The van der Waals surface area contributed by atoms with Gasteiger partial charge >= 0.3 is 0 Å². The summed E-state index contributed by atoms with van der Waals surface area (Å²) in [6.45, 7) is 3.97. The number of hydrogen-bond donors (Lipinski definition) is 2. The first-order chi connectivity index (χ1) is 6.59. The molecule has 5 nitrogen and oxygen atoms in total. The Morgan fingerprint density at radius 2 is 2.43 bits per heavy atom. The Hall–Kier alpha value is -1.36. The maximum Gasteiger partial charge on any atom is 0.226 e. The first-order valence-electron chi connectivity index (χ1n) is 4.54. The van der Waals surface area contributed by atoms with Crippen LogP contribution in [0.1, 0.15) is 20.3 Å². The highest BCUT2D eigenvalue weighted by atomic mass is 16.5. The number of carbonyl (C=O) groups is 1. The van der Waals surface area contributed by atoms with Crippen molar-refractivity contribution in [2.24, 2.45) is 11.7 Å². The largest absolute Gasteiger partial charge is 0.363 e. The Morgan fingerprint density at radius 1 is 1.71 bits per heavy atom. The summed E-state index contributed by atoms with van der Waals surface area (Å²) in [6.07, 6.45) is 3.13. The molecule has 1 unspecified atom stereocenters. The molecule has 0 spiro atoms. The molecule has 78 valence electrons. The minimum Gasteiger partial charge on any atom is -0.363 e. The zero-order chi connectivity index (χ0) is 10.6. The topological polar surface area (TPSA) is 81.2 Å². The summed E-state index contributed by atoms with van der Waals surface area (Å²) in [4.78, 5) is 11.4. The van der Waals surface area contributed by atoms with E-state index < -0.39 is 0 Å². The molecule has 1 amide bonds. The van der Waals surface area contributed by atoms with E-state index in [4.69, 9.17) is 5.73 Å². The van der Waals surface area contributed by atoms with Gasteiger partial charge in [-0.05, 0) is 5.92 Å². The minimum atomic E-state index is -0.116. The van der Waals surface area contributed by atoms with Crippen LogP contribution in [0.15, 0.2) is 17.0 Å². The number of anilines is 1. The third kappa shape index (κ3) is 3.18. The normalized spacial score (nSPS) is 12.9. The van der Waals surface area contributed by atoms with Crippen LogP contribution in [0, 0.1) is 5.92 Å². The second-order valence-corrected chi connectivity index (χ2v) is 3.57. The Morgan fingerprint density at radius 3 is 2.93 bits per heavy atom. The third-order valence-corrected chi connectivity index (χ3v) is 1.99. The maximum absolute atomic E-state index is 11.4. The van der Waals surface area contributed by atoms with E-state index in [0.29, 0.717) is 18.0 Å². The predicted octanol–water partition coefficient (Wildman–Crippen LogP) is 0.986. The number of hydrogen-bond acceptors (Lipinski definition) is 4. The summed E-state index contributed by atoms with van der Waals surface area (Å²) in [6, 6.07) is -0.116. The lowest BCUT2D eigenvalue weighted by molar-refractivity contribution is -0.116. The van der Waals surface area contributed by atoms with Crippen molar-refractivity contribution < 1.29 is 9.32 Å². The van der Waals surface area contributed by atoms with Gasteiger partial charge in [0.15, 0.2) is 0 Å². The van der Waals surface area contributed by atoms with Crippen molar-refractivity contribution in [3.05, 3.63) is 12.5 Å². The molecule has 14 heavy (non-hydrogen) atoms. The number of carbonyl (C=O) groups excluding carboxylic acids is 1. The van der Waals surface area contributed by atoms with Crippen LogP contribution >= 0.6 is 0 Å². The molecule has 0 aliphatic heterocycles. The van der Waals surface area contributed by atoms with Gasteiger partial charge in [-0.1, -0.05) is 19.0 Å². The zero-order valence-electron chi connectivity index (χ0n) is 8.36. The molecule has 0 aliphatic carbocycles. The van der Waals surface area contributed by atoms with E-state index in [1.807, 2.05) is 13.8 Å². The molecule has 0 aliphatic rings.